The summed E-state index contributed by atoms with van der Waals surface area (Å²) < 4.78 is 27.7. The van der Waals surface area contributed by atoms with Gasteiger partial charge in [-0.1, -0.05) is 17.7 Å². The molecule has 10 heteroatoms. The van der Waals surface area contributed by atoms with Gasteiger partial charge in [-0.3, -0.25) is 19.4 Å². The van der Waals surface area contributed by atoms with Crippen LogP contribution in [0.15, 0.2) is 23.1 Å². The molecule has 0 atom stereocenters. The predicted octanol–water partition coefficient (Wildman–Crippen LogP) is 0.669. The van der Waals surface area contributed by atoms with Gasteiger partial charge in [-0.15, -0.1) is 0 Å². The van der Waals surface area contributed by atoms with Crippen LogP contribution in [-0.2, 0) is 19.6 Å². The molecule has 0 unspecified atom stereocenters. The van der Waals surface area contributed by atoms with Gasteiger partial charge in [-0.05, 0) is 46.2 Å². The number of nitrogens with one attached hydrogen (secondary N) is 1. The van der Waals surface area contributed by atoms with Crippen molar-refractivity contribution in [1.29, 1.82) is 0 Å². The first-order chi connectivity index (χ1) is 15.8. The van der Waals surface area contributed by atoms with Crippen LogP contribution in [0.3, 0.4) is 0 Å². The van der Waals surface area contributed by atoms with Crippen LogP contribution in [0.25, 0.3) is 0 Å². The lowest BCUT2D eigenvalue weighted by Crippen LogP contribution is -2.55. The maximum atomic E-state index is 13.1. The Morgan fingerprint density at radius 2 is 1.44 bits per heavy atom. The van der Waals surface area contributed by atoms with Gasteiger partial charge in [0.25, 0.3) is 0 Å². The highest BCUT2D eigenvalue weighted by molar-refractivity contribution is 7.89. The number of hydrogen-bond acceptors (Lipinski definition) is 6. The summed E-state index contributed by atoms with van der Waals surface area (Å²) in [6.45, 7) is 14.6. The highest BCUT2D eigenvalue weighted by Gasteiger charge is 2.31. The Morgan fingerprint density at radius 3 is 2.00 bits per heavy atom. The van der Waals surface area contributed by atoms with Crippen LogP contribution >= 0.6 is 0 Å². The van der Waals surface area contributed by atoms with Gasteiger partial charge in [0.05, 0.1) is 18.0 Å². The van der Waals surface area contributed by atoms with Gasteiger partial charge in [0.2, 0.25) is 21.8 Å². The fourth-order valence-electron chi connectivity index (χ4n) is 4.46. The Kier molecular flexibility index (Phi) is 8.38. The number of amides is 2. The molecule has 0 bridgehead atoms. The number of piperazine rings is 2. The van der Waals surface area contributed by atoms with Gasteiger partial charge in [-0.2, -0.15) is 4.31 Å². The van der Waals surface area contributed by atoms with Crippen molar-refractivity contribution in [2.45, 2.75) is 45.1 Å². The van der Waals surface area contributed by atoms with E-state index in [0.717, 1.165) is 11.1 Å². The van der Waals surface area contributed by atoms with E-state index in [1.165, 1.54) is 4.31 Å². The van der Waals surface area contributed by atoms with Gasteiger partial charge in [0.15, 0.2) is 0 Å². The number of rotatable bonds is 6. The van der Waals surface area contributed by atoms with Crippen LogP contribution in [0.2, 0.25) is 0 Å². The molecule has 2 amide bonds. The molecule has 1 N–H and O–H groups in total. The molecule has 1 aromatic carbocycles. The van der Waals surface area contributed by atoms with Gasteiger partial charge in [0, 0.05) is 57.9 Å². The normalized spacial score (nSPS) is 19.3. The number of carbonyl (C=O) groups excluding carboxylic acids is 2. The third-order valence-corrected chi connectivity index (χ3v) is 8.30. The zero-order chi connectivity index (χ0) is 25.1. The van der Waals surface area contributed by atoms with E-state index in [-0.39, 0.29) is 17.4 Å². The summed E-state index contributed by atoms with van der Waals surface area (Å²) in [4.78, 5) is 31.3. The first-order valence-electron chi connectivity index (χ1n) is 12.0. The highest BCUT2D eigenvalue weighted by atomic mass is 32.2. The van der Waals surface area contributed by atoms with Crippen LogP contribution in [0.1, 0.15) is 31.9 Å². The number of aryl methyl sites for hydroxylation is 2. The molecule has 0 aliphatic carbocycles. The van der Waals surface area contributed by atoms with Gasteiger partial charge in [0.1, 0.15) is 0 Å². The van der Waals surface area contributed by atoms with Crippen molar-refractivity contribution in [3.63, 3.8) is 0 Å². The van der Waals surface area contributed by atoms with E-state index in [1.54, 1.807) is 6.07 Å². The minimum Gasteiger partial charge on any atom is -0.350 e. The number of benzene rings is 1. The largest absolute Gasteiger partial charge is 0.350 e. The smallest absolute Gasteiger partial charge is 0.243 e. The standard InChI is InChI=1S/C24H39N5O4S/c1-19-6-7-21(20(2)16-19)34(32,33)29-14-10-27(11-15-29)18-23(31)28-12-8-26(9-13-28)17-22(30)25-24(3,4)5/h6-7,16H,8-15,17-18H2,1-5H3,(H,25,30). The van der Waals surface area contributed by atoms with E-state index in [1.807, 2.05) is 56.6 Å². The maximum absolute atomic E-state index is 13.1. The minimum atomic E-state index is -3.54. The lowest BCUT2D eigenvalue weighted by Gasteiger charge is -2.37. The van der Waals surface area contributed by atoms with Crippen molar-refractivity contribution in [2.24, 2.45) is 0 Å². The first-order valence-corrected chi connectivity index (χ1v) is 13.4. The predicted molar refractivity (Wildman–Crippen MR) is 132 cm³/mol. The molecule has 1 aromatic rings. The summed E-state index contributed by atoms with van der Waals surface area (Å²) in [5.41, 5.74) is 1.54. The summed E-state index contributed by atoms with van der Waals surface area (Å²) >= 11 is 0. The van der Waals surface area contributed by atoms with Crippen LogP contribution in [0, 0.1) is 13.8 Å². The molecule has 2 fully saturated rings. The molecule has 2 heterocycles. The van der Waals surface area contributed by atoms with Crippen molar-refractivity contribution >= 4 is 21.8 Å². The molecule has 0 saturated carbocycles. The SMILES string of the molecule is Cc1ccc(S(=O)(=O)N2CCN(CC(=O)N3CCN(CC(=O)NC(C)(C)C)CC3)CC2)c(C)c1. The molecule has 3 rings (SSSR count). The fraction of sp³-hybridized carbons (Fsp3) is 0.667. The summed E-state index contributed by atoms with van der Waals surface area (Å²) in [6.07, 6.45) is 0. The zero-order valence-corrected chi connectivity index (χ0v) is 21.9. The Hall–Kier alpha value is -2.01. The number of carbonyl (C=O) groups is 2. The molecule has 2 saturated heterocycles. The van der Waals surface area contributed by atoms with Gasteiger partial charge >= 0.3 is 0 Å². The van der Waals surface area contributed by atoms with E-state index in [9.17, 15) is 18.0 Å². The van der Waals surface area contributed by atoms with E-state index >= 15 is 0 Å². The Bertz CT molecular complexity index is 989. The second-order valence-corrected chi connectivity index (χ2v) is 12.3. The number of nitrogens with zero attached hydrogens (tertiary/aromatic N) is 4. The quantitative estimate of drug-likeness (QED) is 0.626. The fourth-order valence-corrected chi connectivity index (χ4v) is 6.09. The average molecular weight is 494 g/mol. The van der Waals surface area contributed by atoms with Crippen molar-refractivity contribution in [2.75, 3.05) is 65.4 Å². The Balaban J connectivity index is 1.44. The molecular formula is C24H39N5O4S. The van der Waals surface area contributed by atoms with E-state index in [4.69, 9.17) is 0 Å². The monoisotopic (exact) mass is 493 g/mol. The van der Waals surface area contributed by atoms with Crippen LogP contribution < -0.4 is 5.32 Å². The number of hydrogen-bond donors (Lipinski definition) is 1. The second kappa shape index (κ2) is 10.7. The second-order valence-electron chi connectivity index (χ2n) is 10.4. The maximum Gasteiger partial charge on any atom is 0.243 e. The Morgan fingerprint density at radius 1 is 0.882 bits per heavy atom. The van der Waals surface area contributed by atoms with E-state index in [2.05, 4.69) is 10.2 Å². The van der Waals surface area contributed by atoms with Crippen LogP contribution in [0.4, 0.5) is 0 Å². The lowest BCUT2D eigenvalue weighted by atomic mass is 10.1. The van der Waals surface area contributed by atoms with Crippen molar-refractivity contribution in [3.8, 4) is 0 Å². The van der Waals surface area contributed by atoms with Crippen LogP contribution in [0.5, 0.6) is 0 Å². The highest BCUT2D eigenvalue weighted by Crippen LogP contribution is 2.22. The summed E-state index contributed by atoms with van der Waals surface area (Å²) in [7, 11) is -3.54. The third-order valence-electron chi connectivity index (χ3n) is 6.25. The van der Waals surface area contributed by atoms with Crippen molar-refractivity contribution in [3.05, 3.63) is 29.3 Å². The summed E-state index contributed by atoms with van der Waals surface area (Å²) in [5, 5.41) is 2.97. The number of sulfonamides is 1. The summed E-state index contributed by atoms with van der Waals surface area (Å²) in [5.74, 6) is 0.0606. The molecule has 0 spiro atoms. The zero-order valence-electron chi connectivity index (χ0n) is 21.1. The first kappa shape index (κ1) is 26.6. The molecule has 2 aliphatic heterocycles. The topological polar surface area (TPSA) is 93.3 Å². The molecule has 9 nitrogen and oxygen atoms in total. The molecule has 0 aromatic heterocycles. The van der Waals surface area contributed by atoms with Crippen molar-refractivity contribution < 1.29 is 18.0 Å². The molecule has 0 radical (unpaired) electrons. The molecule has 2 aliphatic rings. The van der Waals surface area contributed by atoms with E-state index in [0.29, 0.717) is 70.3 Å². The molecule has 190 valence electrons. The van der Waals surface area contributed by atoms with Crippen molar-refractivity contribution in [1.82, 2.24) is 24.3 Å². The minimum absolute atomic E-state index is 0.000862. The van der Waals surface area contributed by atoms with Gasteiger partial charge in [-0.25, -0.2) is 8.42 Å². The van der Waals surface area contributed by atoms with E-state index < -0.39 is 10.0 Å². The summed E-state index contributed by atoms with van der Waals surface area (Å²) in [6, 6.07) is 5.40. The molecule has 34 heavy (non-hydrogen) atoms. The average Bonchev–Trinajstić information content (AvgIpc) is 2.73. The third kappa shape index (κ3) is 7.00. The lowest BCUT2D eigenvalue weighted by molar-refractivity contribution is -0.134. The van der Waals surface area contributed by atoms with Crippen LogP contribution in [-0.4, -0.2) is 110 Å². The Labute approximate surface area is 204 Å². The molecular weight excluding hydrogens is 454 g/mol. The van der Waals surface area contributed by atoms with Gasteiger partial charge < -0.3 is 10.2 Å².